The van der Waals surface area contributed by atoms with E-state index in [4.69, 9.17) is 4.74 Å². The fourth-order valence-corrected chi connectivity index (χ4v) is 2.31. The Morgan fingerprint density at radius 1 is 1.31 bits per heavy atom. The summed E-state index contributed by atoms with van der Waals surface area (Å²) in [5.74, 6) is 0. The minimum Gasteiger partial charge on any atom is -0.381 e. The summed E-state index contributed by atoms with van der Waals surface area (Å²) in [6.07, 6.45) is 8.37. The van der Waals surface area contributed by atoms with E-state index in [9.17, 15) is 0 Å². The molecule has 0 aliphatic heterocycles. The Morgan fingerprint density at radius 2 is 2.08 bits per heavy atom. The van der Waals surface area contributed by atoms with Gasteiger partial charge in [-0.1, -0.05) is 0 Å². The minimum absolute atomic E-state index is 0.486. The van der Waals surface area contributed by atoms with Crippen molar-refractivity contribution in [2.75, 3.05) is 7.11 Å². The molecule has 2 fully saturated rings. The number of ether oxygens (including phenoxy) is 1. The predicted octanol–water partition coefficient (Wildman–Crippen LogP) is 2.09. The molecule has 0 heterocycles. The third-order valence-corrected chi connectivity index (χ3v) is 3.51. The highest BCUT2D eigenvalue weighted by atomic mass is 16.5. The van der Waals surface area contributed by atoms with Crippen molar-refractivity contribution in [1.82, 2.24) is 5.32 Å². The number of methoxy groups -OCH3 is 1. The quantitative estimate of drug-likeness (QED) is 0.723. The van der Waals surface area contributed by atoms with E-state index in [1.807, 2.05) is 7.11 Å². The highest BCUT2D eigenvalue weighted by Gasteiger charge is 2.39. The first-order valence-corrected chi connectivity index (χ1v) is 5.52. The van der Waals surface area contributed by atoms with Gasteiger partial charge < -0.3 is 10.1 Å². The normalized spacial score (nSPS) is 37.4. The summed E-state index contributed by atoms with van der Waals surface area (Å²) in [6, 6.07) is 0.714. The van der Waals surface area contributed by atoms with Crippen LogP contribution in [0.2, 0.25) is 0 Å². The van der Waals surface area contributed by atoms with Gasteiger partial charge in [0.25, 0.3) is 0 Å². The van der Waals surface area contributed by atoms with Crippen LogP contribution in [0.4, 0.5) is 0 Å². The van der Waals surface area contributed by atoms with Crippen molar-refractivity contribution in [2.45, 2.75) is 63.1 Å². The van der Waals surface area contributed by atoms with Crippen LogP contribution in [0.25, 0.3) is 0 Å². The Labute approximate surface area is 81.0 Å². The maximum atomic E-state index is 5.42. The van der Waals surface area contributed by atoms with E-state index in [1.54, 1.807) is 0 Å². The largest absolute Gasteiger partial charge is 0.381 e. The zero-order chi connectivity index (χ0) is 9.31. The summed E-state index contributed by atoms with van der Waals surface area (Å²) >= 11 is 0. The van der Waals surface area contributed by atoms with E-state index in [0.717, 1.165) is 0 Å². The van der Waals surface area contributed by atoms with Crippen molar-refractivity contribution in [1.29, 1.82) is 0 Å². The number of nitrogens with one attached hydrogen (secondary N) is 1. The Hall–Kier alpha value is -0.0800. The van der Waals surface area contributed by atoms with Gasteiger partial charge in [0.1, 0.15) is 0 Å². The molecule has 0 radical (unpaired) electrons. The van der Waals surface area contributed by atoms with Crippen LogP contribution in [0.3, 0.4) is 0 Å². The molecule has 1 N–H and O–H groups in total. The number of hydrogen-bond donors (Lipinski definition) is 1. The molecular weight excluding hydrogens is 162 g/mol. The lowest BCUT2D eigenvalue weighted by molar-refractivity contribution is 0.0567. The molecular formula is C11H21NO. The molecule has 0 aromatic rings. The van der Waals surface area contributed by atoms with Gasteiger partial charge in [0, 0.05) is 18.7 Å². The van der Waals surface area contributed by atoms with Crippen LogP contribution in [0.15, 0.2) is 0 Å². The van der Waals surface area contributed by atoms with Crippen LogP contribution in [-0.4, -0.2) is 24.8 Å². The SMILES string of the molecule is COC1CCCC(NC2(C)CC2)C1. The van der Waals surface area contributed by atoms with Crippen molar-refractivity contribution in [3.63, 3.8) is 0 Å². The van der Waals surface area contributed by atoms with Crippen LogP contribution in [0.1, 0.15) is 45.4 Å². The van der Waals surface area contributed by atoms with Gasteiger partial charge in [0.05, 0.1) is 6.10 Å². The van der Waals surface area contributed by atoms with Crippen LogP contribution in [-0.2, 0) is 4.74 Å². The summed E-state index contributed by atoms with van der Waals surface area (Å²) in [5.41, 5.74) is 0.486. The highest BCUT2D eigenvalue weighted by Crippen LogP contribution is 2.36. The van der Waals surface area contributed by atoms with Crippen LogP contribution in [0, 0.1) is 0 Å². The maximum absolute atomic E-state index is 5.42. The van der Waals surface area contributed by atoms with E-state index in [1.165, 1.54) is 38.5 Å². The zero-order valence-electron chi connectivity index (χ0n) is 8.81. The van der Waals surface area contributed by atoms with Gasteiger partial charge in [-0.25, -0.2) is 0 Å². The van der Waals surface area contributed by atoms with Crippen molar-refractivity contribution in [2.24, 2.45) is 0 Å². The molecule has 2 atom stereocenters. The van der Waals surface area contributed by atoms with E-state index in [-0.39, 0.29) is 0 Å². The van der Waals surface area contributed by atoms with E-state index >= 15 is 0 Å². The first kappa shape index (κ1) is 9.47. The molecule has 2 saturated carbocycles. The summed E-state index contributed by atoms with van der Waals surface area (Å²) < 4.78 is 5.42. The van der Waals surface area contributed by atoms with Gasteiger partial charge >= 0.3 is 0 Å². The first-order valence-electron chi connectivity index (χ1n) is 5.52. The minimum atomic E-state index is 0.486. The van der Waals surface area contributed by atoms with Crippen LogP contribution in [0.5, 0.6) is 0 Å². The molecule has 2 heteroatoms. The molecule has 2 nitrogen and oxygen atoms in total. The molecule has 0 saturated heterocycles. The van der Waals surface area contributed by atoms with Crippen molar-refractivity contribution in [3.05, 3.63) is 0 Å². The van der Waals surface area contributed by atoms with Gasteiger partial charge in [0.15, 0.2) is 0 Å². The second kappa shape index (κ2) is 3.58. The Morgan fingerprint density at radius 3 is 2.69 bits per heavy atom. The topological polar surface area (TPSA) is 21.3 Å². The molecule has 0 aromatic heterocycles. The van der Waals surface area contributed by atoms with Crippen LogP contribution < -0.4 is 5.32 Å². The molecule has 2 rings (SSSR count). The molecule has 2 unspecified atom stereocenters. The van der Waals surface area contributed by atoms with Gasteiger partial charge in [-0.15, -0.1) is 0 Å². The third kappa shape index (κ3) is 2.44. The average molecular weight is 183 g/mol. The summed E-state index contributed by atoms with van der Waals surface area (Å²) in [5, 5.41) is 3.75. The van der Waals surface area contributed by atoms with Crippen molar-refractivity contribution < 1.29 is 4.74 Å². The smallest absolute Gasteiger partial charge is 0.0586 e. The van der Waals surface area contributed by atoms with E-state index in [0.29, 0.717) is 17.7 Å². The zero-order valence-corrected chi connectivity index (χ0v) is 8.81. The van der Waals surface area contributed by atoms with Crippen molar-refractivity contribution >= 4 is 0 Å². The lowest BCUT2D eigenvalue weighted by Crippen LogP contribution is -2.42. The van der Waals surface area contributed by atoms with E-state index < -0.39 is 0 Å². The standard InChI is InChI=1S/C11H21NO/c1-11(6-7-11)12-9-4-3-5-10(8-9)13-2/h9-10,12H,3-8H2,1-2H3. The lowest BCUT2D eigenvalue weighted by atomic mass is 9.92. The Balaban J connectivity index is 1.78. The van der Waals surface area contributed by atoms with Gasteiger partial charge in [-0.05, 0) is 45.4 Å². The lowest BCUT2D eigenvalue weighted by Gasteiger charge is -2.31. The fourth-order valence-electron chi connectivity index (χ4n) is 2.31. The van der Waals surface area contributed by atoms with Gasteiger partial charge in [0.2, 0.25) is 0 Å². The average Bonchev–Trinajstić information content (AvgIpc) is 2.84. The fraction of sp³-hybridized carbons (Fsp3) is 1.00. The number of hydrogen-bond acceptors (Lipinski definition) is 2. The maximum Gasteiger partial charge on any atom is 0.0586 e. The second-order valence-corrected chi connectivity index (χ2v) is 4.93. The molecule has 0 amide bonds. The molecule has 13 heavy (non-hydrogen) atoms. The van der Waals surface area contributed by atoms with Crippen molar-refractivity contribution in [3.8, 4) is 0 Å². The Kier molecular flexibility index (Phi) is 2.61. The summed E-state index contributed by atoms with van der Waals surface area (Å²) in [4.78, 5) is 0. The van der Waals surface area contributed by atoms with Gasteiger partial charge in [-0.3, -0.25) is 0 Å². The molecule has 0 bridgehead atoms. The molecule has 2 aliphatic rings. The Bertz CT molecular complexity index is 177. The molecule has 0 spiro atoms. The van der Waals surface area contributed by atoms with E-state index in [2.05, 4.69) is 12.2 Å². The molecule has 2 aliphatic carbocycles. The highest BCUT2D eigenvalue weighted by molar-refractivity contribution is 5.00. The summed E-state index contributed by atoms with van der Waals surface area (Å²) in [7, 11) is 1.84. The number of rotatable bonds is 3. The summed E-state index contributed by atoms with van der Waals surface area (Å²) in [6.45, 7) is 2.34. The first-order chi connectivity index (χ1) is 6.22. The third-order valence-electron chi connectivity index (χ3n) is 3.51. The molecule has 0 aromatic carbocycles. The molecule has 76 valence electrons. The second-order valence-electron chi connectivity index (χ2n) is 4.93. The van der Waals surface area contributed by atoms with Gasteiger partial charge in [-0.2, -0.15) is 0 Å². The monoisotopic (exact) mass is 183 g/mol. The predicted molar refractivity (Wildman–Crippen MR) is 53.8 cm³/mol. The van der Waals surface area contributed by atoms with Crippen LogP contribution >= 0.6 is 0 Å².